The Labute approximate surface area is 178 Å². The molecule has 0 aliphatic carbocycles. The maximum absolute atomic E-state index is 12.6. The third-order valence-electron chi connectivity index (χ3n) is 4.73. The Balaban J connectivity index is 1.54. The average molecular weight is 467 g/mol. The van der Waals surface area contributed by atoms with Crippen molar-refractivity contribution in [3.8, 4) is 5.69 Å². The maximum atomic E-state index is 12.6. The summed E-state index contributed by atoms with van der Waals surface area (Å²) in [5, 5.41) is 10.1. The van der Waals surface area contributed by atoms with Crippen LogP contribution in [0.4, 0.5) is 0 Å². The van der Waals surface area contributed by atoms with Gasteiger partial charge in [-0.05, 0) is 36.4 Å². The van der Waals surface area contributed by atoms with Crippen molar-refractivity contribution >= 4 is 44.4 Å². The lowest BCUT2D eigenvalue weighted by atomic mass is 10.2. The van der Waals surface area contributed by atoms with Crippen LogP contribution in [0.2, 0.25) is 0 Å². The van der Waals surface area contributed by atoms with E-state index in [0.29, 0.717) is 16.9 Å². The Hall–Kier alpha value is -2.91. The van der Waals surface area contributed by atoms with Crippen molar-refractivity contribution in [2.24, 2.45) is 7.05 Å². The molecule has 0 radical (unpaired) electrons. The number of hydrogen-bond donors (Lipinski definition) is 0. The zero-order valence-corrected chi connectivity index (χ0v) is 17.8. The van der Waals surface area contributed by atoms with Gasteiger partial charge in [0.05, 0.1) is 16.7 Å². The van der Waals surface area contributed by atoms with Gasteiger partial charge in [0.1, 0.15) is 5.82 Å². The number of hydrogen-bond acceptors (Lipinski definition) is 5. The fourth-order valence-electron chi connectivity index (χ4n) is 3.31. The van der Waals surface area contributed by atoms with Gasteiger partial charge in [-0.3, -0.25) is 18.3 Å². The first kappa shape index (κ1) is 18.1. The Kier molecular flexibility index (Phi) is 4.48. The molecule has 0 aliphatic rings. The smallest absolute Gasteiger partial charge is 0.262 e. The van der Waals surface area contributed by atoms with Crippen LogP contribution in [-0.4, -0.2) is 28.7 Å². The van der Waals surface area contributed by atoms with Crippen LogP contribution in [0.1, 0.15) is 5.82 Å². The molecule has 0 saturated heterocycles. The number of nitrogens with zero attached hydrogens (tertiary/aromatic N) is 6. The second-order valence-electron chi connectivity index (χ2n) is 6.48. The van der Waals surface area contributed by atoms with E-state index in [9.17, 15) is 4.79 Å². The SMILES string of the molecule is Cn1c(=O)c2ccccc2n2c(CSc3nccn3-c3ccc(Br)cc3)nnc12. The van der Waals surface area contributed by atoms with E-state index in [4.69, 9.17) is 0 Å². The van der Waals surface area contributed by atoms with Crippen LogP contribution in [0.5, 0.6) is 0 Å². The molecule has 5 aromatic rings. The second-order valence-corrected chi connectivity index (χ2v) is 8.34. The van der Waals surface area contributed by atoms with Crippen molar-refractivity contribution < 1.29 is 0 Å². The van der Waals surface area contributed by atoms with Crippen molar-refractivity contribution in [3.05, 3.63) is 81.6 Å². The lowest BCUT2D eigenvalue weighted by molar-refractivity contribution is 0.857. The van der Waals surface area contributed by atoms with Gasteiger partial charge in [0.25, 0.3) is 5.56 Å². The van der Waals surface area contributed by atoms with Gasteiger partial charge in [-0.25, -0.2) is 4.98 Å². The molecule has 3 aromatic heterocycles. The Morgan fingerprint density at radius 2 is 1.86 bits per heavy atom. The summed E-state index contributed by atoms with van der Waals surface area (Å²) < 4.78 is 6.54. The van der Waals surface area contributed by atoms with Crippen LogP contribution in [0, 0.1) is 0 Å². The number of para-hydroxylation sites is 1. The van der Waals surface area contributed by atoms with Crippen molar-refractivity contribution in [2.45, 2.75) is 10.9 Å². The lowest BCUT2D eigenvalue weighted by Gasteiger charge is -2.09. The standard InChI is InChI=1S/C20H15BrN6OS/c1-25-18(28)15-4-2-3-5-16(15)27-17(23-24-19(25)27)12-29-20-22-10-11-26(20)14-8-6-13(21)7-9-14/h2-11H,12H2,1H3. The van der Waals surface area contributed by atoms with E-state index in [0.717, 1.165) is 26.7 Å². The first-order valence-corrected chi connectivity index (χ1v) is 10.6. The van der Waals surface area contributed by atoms with Gasteiger partial charge in [-0.1, -0.05) is 39.8 Å². The van der Waals surface area contributed by atoms with Gasteiger partial charge in [0.2, 0.25) is 5.78 Å². The van der Waals surface area contributed by atoms with E-state index in [1.54, 1.807) is 25.0 Å². The van der Waals surface area contributed by atoms with Gasteiger partial charge in [-0.2, -0.15) is 0 Å². The van der Waals surface area contributed by atoms with Gasteiger partial charge in [0, 0.05) is 29.6 Å². The predicted octanol–water partition coefficient (Wildman–Crippen LogP) is 3.82. The minimum Gasteiger partial charge on any atom is -0.295 e. The van der Waals surface area contributed by atoms with E-state index >= 15 is 0 Å². The largest absolute Gasteiger partial charge is 0.295 e. The number of thioether (sulfide) groups is 1. The summed E-state index contributed by atoms with van der Waals surface area (Å²) in [7, 11) is 1.72. The summed E-state index contributed by atoms with van der Waals surface area (Å²) in [4.78, 5) is 17.1. The molecule has 9 heteroatoms. The summed E-state index contributed by atoms with van der Waals surface area (Å²) in [6.07, 6.45) is 3.72. The molecule has 29 heavy (non-hydrogen) atoms. The van der Waals surface area contributed by atoms with Crippen molar-refractivity contribution in [1.82, 2.24) is 28.7 Å². The van der Waals surface area contributed by atoms with Crippen molar-refractivity contribution in [3.63, 3.8) is 0 Å². The summed E-state index contributed by atoms with van der Waals surface area (Å²) in [6, 6.07) is 15.6. The molecule has 0 saturated carbocycles. The molecule has 2 aromatic carbocycles. The van der Waals surface area contributed by atoms with Crippen LogP contribution in [0.3, 0.4) is 0 Å². The summed E-state index contributed by atoms with van der Waals surface area (Å²) in [5.41, 5.74) is 1.76. The van der Waals surface area contributed by atoms with Crippen LogP contribution in [-0.2, 0) is 12.8 Å². The molecule has 7 nitrogen and oxygen atoms in total. The van der Waals surface area contributed by atoms with Crippen LogP contribution < -0.4 is 5.56 Å². The molecule has 0 N–H and O–H groups in total. The highest BCUT2D eigenvalue weighted by molar-refractivity contribution is 9.10. The first-order chi connectivity index (χ1) is 14.1. The fourth-order valence-corrected chi connectivity index (χ4v) is 4.46. The molecule has 5 rings (SSSR count). The predicted molar refractivity (Wildman–Crippen MR) is 117 cm³/mol. The van der Waals surface area contributed by atoms with Crippen LogP contribution >= 0.6 is 27.7 Å². The molecule has 0 spiro atoms. The zero-order valence-electron chi connectivity index (χ0n) is 15.4. The average Bonchev–Trinajstić information content (AvgIpc) is 3.38. The molecule has 0 amide bonds. The summed E-state index contributed by atoms with van der Waals surface area (Å²) in [6.45, 7) is 0. The molecular formula is C20H15BrN6OS. The quantitative estimate of drug-likeness (QED) is 0.376. The van der Waals surface area contributed by atoms with E-state index in [-0.39, 0.29) is 5.56 Å². The molecule has 0 atom stereocenters. The molecule has 144 valence electrons. The highest BCUT2D eigenvalue weighted by atomic mass is 79.9. The van der Waals surface area contributed by atoms with Crippen molar-refractivity contribution in [1.29, 1.82) is 0 Å². The minimum atomic E-state index is -0.0783. The monoisotopic (exact) mass is 466 g/mol. The first-order valence-electron chi connectivity index (χ1n) is 8.87. The number of fused-ring (bicyclic) bond motifs is 3. The third kappa shape index (κ3) is 3.06. The molecule has 0 unspecified atom stereocenters. The van der Waals surface area contributed by atoms with E-state index in [2.05, 4.69) is 31.1 Å². The molecular weight excluding hydrogens is 452 g/mol. The van der Waals surface area contributed by atoms with E-state index < -0.39 is 0 Å². The highest BCUT2D eigenvalue weighted by Crippen LogP contribution is 2.25. The Morgan fingerprint density at radius 3 is 2.69 bits per heavy atom. The van der Waals surface area contributed by atoms with E-state index in [1.807, 2.05) is 63.7 Å². The highest BCUT2D eigenvalue weighted by Gasteiger charge is 2.15. The fraction of sp³-hybridized carbons (Fsp3) is 0.100. The van der Waals surface area contributed by atoms with Crippen LogP contribution in [0.15, 0.2) is 75.3 Å². The number of aromatic nitrogens is 6. The van der Waals surface area contributed by atoms with Crippen LogP contribution in [0.25, 0.3) is 22.4 Å². The normalized spacial score (nSPS) is 11.5. The lowest BCUT2D eigenvalue weighted by Crippen LogP contribution is -2.20. The van der Waals surface area contributed by atoms with Crippen molar-refractivity contribution in [2.75, 3.05) is 0 Å². The topological polar surface area (TPSA) is 70.0 Å². The summed E-state index contributed by atoms with van der Waals surface area (Å²) in [5.74, 6) is 1.86. The maximum Gasteiger partial charge on any atom is 0.262 e. The summed E-state index contributed by atoms with van der Waals surface area (Å²) >= 11 is 5.04. The van der Waals surface area contributed by atoms with Gasteiger partial charge < -0.3 is 0 Å². The molecule has 0 bridgehead atoms. The van der Waals surface area contributed by atoms with Gasteiger partial charge in [-0.15, -0.1) is 10.2 Å². The number of aryl methyl sites for hydroxylation is 1. The molecule has 0 aliphatic heterocycles. The van der Waals surface area contributed by atoms with E-state index in [1.165, 1.54) is 4.57 Å². The third-order valence-corrected chi connectivity index (χ3v) is 6.23. The van der Waals surface area contributed by atoms with Gasteiger partial charge in [0.15, 0.2) is 5.16 Å². The second kappa shape index (κ2) is 7.16. The minimum absolute atomic E-state index is 0.0783. The Morgan fingerprint density at radius 1 is 1.07 bits per heavy atom. The number of halogens is 1. The number of rotatable bonds is 4. The number of imidazole rings is 1. The zero-order chi connectivity index (χ0) is 20.0. The molecule has 3 heterocycles. The Bertz CT molecular complexity index is 1400. The number of benzene rings is 2. The van der Waals surface area contributed by atoms with Gasteiger partial charge >= 0.3 is 0 Å². The molecule has 0 fully saturated rings.